The van der Waals surface area contributed by atoms with Crippen molar-refractivity contribution in [2.45, 2.75) is 27.2 Å². The minimum Gasteiger partial charge on any atom is -0.343 e. The molecule has 0 aliphatic rings. The Hall–Kier alpha value is -0.570. The molecule has 0 radical (unpaired) electrons. The molecular weight excluding hydrogens is 152 g/mol. The van der Waals surface area contributed by atoms with Gasteiger partial charge in [0, 0.05) is 20.0 Å². The maximum absolute atomic E-state index is 11.1. The summed E-state index contributed by atoms with van der Waals surface area (Å²) in [4.78, 5) is 12.9. The molecule has 1 amide bonds. The number of nitrogens with two attached hydrogens (primary N) is 1. The summed E-state index contributed by atoms with van der Waals surface area (Å²) in [5.74, 6) is 0.684. The average molecular weight is 172 g/mol. The molecule has 0 atom stereocenters. The van der Waals surface area contributed by atoms with Gasteiger partial charge in [-0.1, -0.05) is 13.8 Å². The van der Waals surface area contributed by atoms with E-state index in [0.29, 0.717) is 12.5 Å². The lowest BCUT2D eigenvalue weighted by Gasteiger charge is -2.22. The van der Waals surface area contributed by atoms with Crippen molar-refractivity contribution in [3.8, 4) is 0 Å². The molecule has 3 heteroatoms. The van der Waals surface area contributed by atoms with Gasteiger partial charge in [-0.15, -0.1) is 0 Å². The van der Waals surface area contributed by atoms with Gasteiger partial charge < -0.3 is 10.6 Å². The molecule has 0 aromatic carbocycles. The van der Waals surface area contributed by atoms with Crippen LogP contribution in [0.25, 0.3) is 0 Å². The number of carbonyl (C=O) groups excluding carboxylic acids is 1. The highest BCUT2D eigenvalue weighted by atomic mass is 16.2. The molecule has 72 valence electrons. The van der Waals surface area contributed by atoms with Gasteiger partial charge in [0.1, 0.15) is 0 Å². The predicted octanol–water partition coefficient (Wildman–Crippen LogP) is 0.840. The van der Waals surface area contributed by atoms with Crippen LogP contribution >= 0.6 is 0 Å². The largest absolute Gasteiger partial charge is 0.343 e. The predicted molar refractivity (Wildman–Crippen MR) is 50.8 cm³/mol. The highest BCUT2D eigenvalue weighted by Gasteiger charge is 2.08. The highest BCUT2D eigenvalue weighted by molar-refractivity contribution is 5.73. The van der Waals surface area contributed by atoms with Crippen molar-refractivity contribution in [3.63, 3.8) is 0 Å². The third-order valence-corrected chi connectivity index (χ3v) is 1.66. The van der Waals surface area contributed by atoms with Crippen LogP contribution in [-0.4, -0.2) is 30.4 Å². The van der Waals surface area contributed by atoms with E-state index < -0.39 is 0 Å². The minimum atomic E-state index is 0.150. The smallest absolute Gasteiger partial charge is 0.219 e. The van der Waals surface area contributed by atoms with Crippen molar-refractivity contribution in [1.29, 1.82) is 0 Å². The molecule has 0 saturated heterocycles. The summed E-state index contributed by atoms with van der Waals surface area (Å²) in [6.07, 6.45) is 0.895. The van der Waals surface area contributed by atoms with Gasteiger partial charge in [0.25, 0.3) is 0 Å². The maximum Gasteiger partial charge on any atom is 0.219 e. The molecule has 0 aromatic heterocycles. The van der Waals surface area contributed by atoms with Gasteiger partial charge in [-0.2, -0.15) is 0 Å². The first-order chi connectivity index (χ1) is 5.57. The van der Waals surface area contributed by atoms with Crippen LogP contribution in [-0.2, 0) is 4.79 Å². The Labute approximate surface area is 74.9 Å². The van der Waals surface area contributed by atoms with E-state index in [4.69, 9.17) is 5.73 Å². The molecule has 0 spiro atoms. The van der Waals surface area contributed by atoms with Crippen LogP contribution in [0.15, 0.2) is 0 Å². The number of rotatable bonds is 5. The number of nitrogens with zero attached hydrogens (tertiary/aromatic N) is 1. The van der Waals surface area contributed by atoms with Crippen molar-refractivity contribution in [3.05, 3.63) is 0 Å². The molecule has 3 nitrogen and oxygen atoms in total. The standard InChI is InChI=1S/C9H20N2O/c1-8(2)7-11(9(3)12)6-4-5-10/h8H,4-7,10H2,1-3H3. The van der Waals surface area contributed by atoms with E-state index >= 15 is 0 Å². The first-order valence-corrected chi connectivity index (χ1v) is 4.53. The average Bonchev–Trinajstić information content (AvgIpc) is 1.96. The molecule has 0 fully saturated rings. The molecule has 0 aliphatic carbocycles. The van der Waals surface area contributed by atoms with Gasteiger partial charge in [0.15, 0.2) is 0 Å². The van der Waals surface area contributed by atoms with Crippen molar-refractivity contribution in [2.24, 2.45) is 11.7 Å². The molecule has 0 unspecified atom stereocenters. The summed E-state index contributed by atoms with van der Waals surface area (Å²) in [6.45, 7) is 8.12. The normalized spacial score (nSPS) is 10.4. The summed E-state index contributed by atoms with van der Waals surface area (Å²) in [6, 6.07) is 0. The Morgan fingerprint density at radius 3 is 2.42 bits per heavy atom. The Balaban J connectivity index is 3.78. The zero-order valence-corrected chi connectivity index (χ0v) is 8.34. The number of hydrogen-bond donors (Lipinski definition) is 1. The van der Waals surface area contributed by atoms with E-state index in [1.807, 2.05) is 4.90 Å². The Morgan fingerprint density at radius 2 is 2.08 bits per heavy atom. The monoisotopic (exact) mass is 172 g/mol. The quantitative estimate of drug-likeness (QED) is 0.668. The van der Waals surface area contributed by atoms with Crippen LogP contribution in [0, 0.1) is 5.92 Å². The zero-order chi connectivity index (χ0) is 9.56. The zero-order valence-electron chi connectivity index (χ0n) is 8.34. The first kappa shape index (κ1) is 11.4. The van der Waals surface area contributed by atoms with Crippen LogP contribution in [0.3, 0.4) is 0 Å². The van der Waals surface area contributed by atoms with Gasteiger partial charge in [-0.25, -0.2) is 0 Å². The van der Waals surface area contributed by atoms with Crippen LogP contribution in [0.2, 0.25) is 0 Å². The topological polar surface area (TPSA) is 46.3 Å². The highest BCUT2D eigenvalue weighted by Crippen LogP contribution is 1.99. The molecule has 0 heterocycles. The van der Waals surface area contributed by atoms with Crippen LogP contribution in [0.1, 0.15) is 27.2 Å². The lowest BCUT2D eigenvalue weighted by Crippen LogP contribution is -2.34. The van der Waals surface area contributed by atoms with Crippen LogP contribution in [0.5, 0.6) is 0 Å². The van der Waals surface area contributed by atoms with Crippen LogP contribution in [0.4, 0.5) is 0 Å². The van der Waals surface area contributed by atoms with Gasteiger partial charge >= 0.3 is 0 Å². The third kappa shape index (κ3) is 5.13. The van der Waals surface area contributed by atoms with Crippen molar-refractivity contribution in [2.75, 3.05) is 19.6 Å². The summed E-state index contributed by atoms with van der Waals surface area (Å²) in [7, 11) is 0. The fourth-order valence-electron chi connectivity index (χ4n) is 1.10. The van der Waals surface area contributed by atoms with Gasteiger partial charge in [-0.05, 0) is 18.9 Å². The summed E-state index contributed by atoms with van der Waals surface area (Å²) in [5.41, 5.74) is 5.37. The number of hydrogen-bond acceptors (Lipinski definition) is 2. The molecule has 0 aliphatic heterocycles. The summed E-state index contributed by atoms with van der Waals surface area (Å²) < 4.78 is 0. The Morgan fingerprint density at radius 1 is 1.50 bits per heavy atom. The summed E-state index contributed by atoms with van der Waals surface area (Å²) >= 11 is 0. The van der Waals surface area contributed by atoms with Gasteiger partial charge in [-0.3, -0.25) is 4.79 Å². The Bertz CT molecular complexity index is 134. The van der Waals surface area contributed by atoms with E-state index in [2.05, 4.69) is 13.8 Å². The minimum absolute atomic E-state index is 0.150. The van der Waals surface area contributed by atoms with Crippen LogP contribution < -0.4 is 5.73 Å². The third-order valence-electron chi connectivity index (χ3n) is 1.66. The fraction of sp³-hybridized carbons (Fsp3) is 0.889. The molecule has 0 rings (SSSR count). The van der Waals surface area contributed by atoms with E-state index in [0.717, 1.165) is 19.5 Å². The molecular formula is C9H20N2O. The molecule has 0 bridgehead atoms. The summed E-state index contributed by atoms with van der Waals surface area (Å²) in [5, 5.41) is 0. The molecule has 0 aromatic rings. The van der Waals surface area contributed by atoms with Gasteiger partial charge in [0.05, 0.1) is 0 Å². The second-order valence-electron chi connectivity index (χ2n) is 3.50. The number of amides is 1. The van der Waals surface area contributed by atoms with Gasteiger partial charge in [0.2, 0.25) is 5.91 Å². The van der Waals surface area contributed by atoms with E-state index in [1.54, 1.807) is 6.92 Å². The fourth-order valence-corrected chi connectivity index (χ4v) is 1.10. The molecule has 12 heavy (non-hydrogen) atoms. The van der Waals surface area contributed by atoms with E-state index in [9.17, 15) is 4.79 Å². The second kappa shape index (κ2) is 6.00. The second-order valence-corrected chi connectivity index (χ2v) is 3.50. The van der Waals surface area contributed by atoms with Crippen molar-refractivity contribution < 1.29 is 4.79 Å². The Kier molecular flexibility index (Phi) is 5.72. The molecule has 2 N–H and O–H groups in total. The van der Waals surface area contributed by atoms with E-state index in [-0.39, 0.29) is 5.91 Å². The SMILES string of the molecule is CC(=O)N(CCCN)CC(C)C. The van der Waals surface area contributed by atoms with Crippen molar-refractivity contribution >= 4 is 5.91 Å². The van der Waals surface area contributed by atoms with E-state index in [1.165, 1.54) is 0 Å². The lowest BCUT2D eigenvalue weighted by atomic mass is 10.2. The molecule has 0 saturated carbocycles. The van der Waals surface area contributed by atoms with Crippen molar-refractivity contribution in [1.82, 2.24) is 4.90 Å². The number of carbonyl (C=O) groups is 1. The maximum atomic E-state index is 11.1. The first-order valence-electron chi connectivity index (χ1n) is 4.53. The lowest BCUT2D eigenvalue weighted by molar-refractivity contribution is -0.129.